The smallest absolute Gasteiger partial charge is 0.175 e. The number of rotatable bonds is 4. The molecule has 18 heavy (non-hydrogen) atoms. The third-order valence-electron chi connectivity index (χ3n) is 3.78. The molecule has 1 aliphatic rings. The van der Waals surface area contributed by atoms with Gasteiger partial charge < -0.3 is 5.32 Å². The largest absolute Gasteiger partial charge is 0.382 e. The van der Waals surface area contributed by atoms with Crippen molar-refractivity contribution >= 4 is 15.5 Å². The zero-order valence-electron chi connectivity index (χ0n) is 11.0. The van der Waals surface area contributed by atoms with Gasteiger partial charge in [-0.15, -0.1) is 0 Å². The number of nitrogens with one attached hydrogen (secondary N) is 1. The average Bonchev–Trinajstić information content (AvgIpc) is 2.82. The second-order valence-corrected chi connectivity index (χ2v) is 7.29. The average molecular weight is 267 g/mol. The summed E-state index contributed by atoms with van der Waals surface area (Å²) in [5.41, 5.74) is 1.00. The van der Waals surface area contributed by atoms with E-state index in [2.05, 4.69) is 12.2 Å². The molecule has 1 atom stereocenters. The molecule has 0 saturated heterocycles. The van der Waals surface area contributed by atoms with Crippen molar-refractivity contribution in [2.75, 3.05) is 11.6 Å². The molecule has 0 aliphatic heterocycles. The highest BCUT2D eigenvalue weighted by molar-refractivity contribution is 7.90. The highest BCUT2D eigenvalue weighted by Gasteiger charge is 2.21. The summed E-state index contributed by atoms with van der Waals surface area (Å²) in [5.74, 6) is 0.750. The van der Waals surface area contributed by atoms with Gasteiger partial charge in [-0.2, -0.15) is 0 Å². The Labute approximate surface area is 110 Å². The van der Waals surface area contributed by atoms with Crippen LogP contribution in [0.25, 0.3) is 0 Å². The molecule has 1 unspecified atom stereocenters. The van der Waals surface area contributed by atoms with Crippen LogP contribution < -0.4 is 5.32 Å². The lowest BCUT2D eigenvalue weighted by molar-refractivity contribution is 0.482. The molecular weight excluding hydrogens is 246 g/mol. The maximum absolute atomic E-state index is 11.4. The number of sulfone groups is 1. The van der Waals surface area contributed by atoms with Crippen LogP contribution in [0.2, 0.25) is 0 Å². The minimum absolute atomic E-state index is 0.376. The van der Waals surface area contributed by atoms with Crippen LogP contribution in [-0.2, 0) is 9.84 Å². The van der Waals surface area contributed by atoms with E-state index < -0.39 is 9.84 Å². The van der Waals surface area contributed by atoms with E-state index in [0.29, 0.717) is 10.9 Å². The van der Waals surface area contributed by atoms with E-state index in [4.69, 9.17) is 0 Å². The SMILES string of the molecule is CC(Nc1ccc(S(C)(=O)=O)cc1)C1CCCC1. The van der Waals surface area contributed by atoms with Gasteiger partial charge in [-0.25, -0.2) is 8.42 Å². The van der Waals surface area contributed by atoms with Gasteiger partial charge in [-0.3, -0.25) is 0 Å². The number of hydrogen-bond donors (Lipinski definition) is 1. The Morgan fingerprint density at radius 3 is 2.22 bits per heavy atom. The summed E-state index contributed by atoms with van der Waals surface area (Å²) in [7, 11) is -3.09. The predicted molar refractivity (Wildman–Crippen MR) is 74.6 cm³/mol. The lowest BCUT2D eigenvalue weighted by Gasteiger charge is -2.21. The van der Waals surface area contributed by atoms with Crippen LogP contribution in [-0.4, -0.2) is 20.7 Å². The van der Waals surface area contributed by atoms with E-state index in [-0.39, 0.29) is 0 Å². The van der Waals surface area contributed by atoms with E-state index in [1.165, 1.54) is 31.9 Å². The van der Waals surface area contributed by atoms with Crippen molar-refractivity contribution in [3.8, 4) is 0 Å². The van der Waals surface area contributed by atoms with Crippen molar-refractivity contribution in [2.24, 2.45) is 5.92 Å². The Morgan fingerprint density at radius 2 is 1.72 bits per heavy atom. The molecule has 2 rings (SSSR count). The fraction of sp³-hybridized carbons (Fsp3) is 0.571. The lowest BCUT2D eigenvalue weighted by Crippen LogP contribution is -2.23. The second-order valence-electron chi connectivity index (χ2n) is 5.27. The molecule has 4 heteroatoms. The molecular formula is C14H21NO2S. The van der Waals surface area contributed by atoms with Crippen LogP contribution in [0.5, 0.6) is 0 Å². The zero-order chi connectivity index (χ0) is 13.2. The topological polar surface area (TPSA) is 46.2 Å². The van der Waals surface area contributed by atoms with Crippen molar-refractivity contribution in [3.63, 3.8) is 0 Å². The Bertz CT molecular complexity index is 487. The van der Waals surface area contributed by atoms with Gasteiger partial charge in [-0.05, 0) is 49.9 Å². The normalized spacial score (nSPS) is 18.8. The summed E-state index contributed by atoms with van der Waals surface area (Å²) >= 11 is 0. The van der Waals surface area contributed by atoms with Crippen LogP contribution >= 0.6 is 0 Å². The highest BCUT2D eigenvalue weighted by atomic mass is 32.2. The van der Waals surface area contributed by atoms with Crippen molar-refractivity contribution < 1.29 is 8.42 Å². The molecule has 0 amide bonds. The van der Waals surface area contributed by atoms with Crippen molar-refractivity contribution in [2.45, 2.75) is 43.5 Å². The molecule has 0 heterocycles. The van der Waals surface area contributed by atoms with Crippen LogP contribution in [0.15, 0.2) is 29.2 Å². The first-order valence-electron chi connectivity index (χ1n) is 6.53. The molecule has 0 spiro atoms. The monoisotopic (exact) mass is 267 g/mol. The Balaban J connectivity index is 2.02. The van der Waals surface area contributed by atoms with Crippen molar-refractivity contribution in [1.82, 2.24) is 0 Å². The minimum atomic E-state index is -3.09. The van der Waals surface area contributed by atoms with Gasteiger partial charge in [0.15, 0.2) is 9.84 Å². The molecule has 0 radical (unpaired) electrons. The highest BCUT2D eigenvalue weighted by Crippen LogP contribution is 2.29. The van der Waals surface area contributed by atoms with E-state index in [1.54, 1.807) is 12.1 Å². The van der Waals surface area contributed by atoms with Gasteiger partial charge in [0.2, 0.25) is 0 Å². The number of hydrogen-bond acceptors (Lipinski definition) is 3. The van der Waals surface area contributed by atoms with E-state index >= 15 is 0 Å². The van der Waals surface area contributed by atoms with Crippen LogP contribution in [0.1, 0.15) is 32.6 Å². The molecule has 100 valence electrons. The molecule has 3 nitrogen and oxygen atoms in total. The molecule has 1 aliphatic carbocycles. The van der Waals surface area contributed by atoms with Gasteiger partial charge in [-0.1, -0.05) is 12.8 Å². The first kappa shape index (κ1) is 13.4. The van der Waals surface area contributed by atoms with Crippen LogP contribution in [0.3, 0.4) is 0 Å². The summed E-state index contributed by atoms with van der Waals surface area (Å²) in [6, 6.07) is 7.48. The van der Waals surface area contributed by atoms with E-state index in [1.807, 2.05) is 12.1 Å². The maximum atomic E-state index is 11.4. The number of benzene rings is 1. The fourth-order valence-corrected chi connectivity index (χ4v) is 3.27. The van der Waals surface area contributed by atoms with Gasteiger partial charge in [0.05, 0.1) is 4.90 Å². The molecule has 1 fully saturated rings. The van der Waals surface area contributed by atoms with Crippen molar-refractivity contribution in [1.29, 1.82) is 0 Å². The quantitative estimate of drug-likeness (QED) is 0.912. The summed E-state index contributed by atoms with van der Waals surface area (Å²) in [6.45, 7) is 2.21. The third kappa shape index (κ3) is 3.25. The first-order chi connectivity index (χ1) is 8.47. The van der Waals surface area contributed by atoms with Gasteiger partial charge >= 0.3 is 0 Å². The third-order valence-corrected chi connectivity index (χ3v) is 4.91. The summed E-state index contributed by atoms with van der Waals surface area (Å²) < 4.78 is 22.7. The van der Waals surface area contributed by atoms with E-state index in [9.17, 15) is 8.42 Å². The minimum Gasteiger partial charge on any atom is -0.382 e. The van der Waals surface area contributed by atoms with Gasteiger partial charge in [0.1, 0.15) is 0 Å². The Kier molecular flexibility index (Phi) is 3.95. The standard InChI is InChI=1S/C14H21NO2S/c1-11(12-5-3-4-6-12)15-13-7-9-14(10-8-13)18(2,16)17/h7-12,15H,3-6H2,1-2H3. The van der Waals surface area contributed by atoms with Crippen molar-refractivity contribution in [3.05, 3.63) is 24.3 Å². The number of anilines is 1. The molecule has 1 aromatic carbocycles. The lowest BCUT2D eigenvalue weighted by atomic mass is 9.99. The van der Waals surface area contributed by atoms with Gasteiger partial charge in [0.25, 0.3) is 0 Å². The molecule has 1 N–H and O–H groups in total. The predicted octanol–water partition coefficient (Wildman–Crippen LogP) is 3.08. The molecule has 0 aromatic heterocycles. The molecule has 1 saturated carbocycles. The summed E-state index contributed by atoms with van der Waals surface area (Å²) in [6.07, 6.45) is 6.51. The van der Waals surface area contributed by atoms with Gasteiger partial charge in [0, 0.05) is 18.0 Å². The molecule has 0 bridgehead atoms. The molecule has 1 aromatic rings. The maximum Gasteiger partial charge on any atom is 0.175 e. The second kappa shape index (κ2) is 5.31. The first-order valence-corrected chi connectivity index (χ1v) is 8.42. The summed E-state index contributed by atoms with van der Waals surface area (Å²) in [5, 5.41) is 3.47. The summed E-state index contributed by atoms with van der Waals surface area (Å²) in [4.78, 5) is 0.376. The van der Waals surface area contributed by atoms with Crippen LogP contribution in [0, 0.1) is 5.92 Å². The Morgan fingerprint density at radius 1 is 1.17 bits per heavy atom. The fourth-order valence-electron chi connectivity index (χ4n) is 2.64. The van der Waals surface area contributed by atoms with Crippen LogP contribution in [0.4, 0.5) is 5.69 Å². The van der Waals surface area contributed by atoms with E-state index in [0.717, 1.165) is 11.6 Å². The Hall–Kier alpha value is -1.03. The zero-order valence-corrected chi connectivity index (χ0v) is 11.8.